The van der Waals surface area contributed by atoms with E-state index < -0.39 is 23.5 Å². The van der Waals surface area contributed by atoms with E-state index in [1.807, 2.05) is 6.92 Å². The van der Waals surface area contributed by atoms with Gasteiger partial charge in [0, 0.05) is 24.5 Å². The van der Waals surface area contributed by atoms with Crippen LogP contribution in [-0.2, 0) is 16.1 Å². The minimum Gasteiger partial charge on any atom is -0.507 e. The predicted molar refractivity (Wildman–Crippen MR) is 131 cm³/mol. The number of halogens is 3. The van der Waals surface area contributed by atoms with E-state index in [4.69, 9.17) is 39.5 Å². The molecule has 1 saturated heterocycles. The molecule has 174 valence electrons. The minimum atomic E-state index is -0.922. The van der Waals surface area contributed by atoms with Gasteiger partial charge < -0.3 is 14.7 Å². The van der Waals surface area contributed by atoms with Crippen LogP contribution >= 0.6 is 34.8 Å². The summed E-state index contributed by atoms with van der Waals surface area (Å²) >= 11 is 18.7. The molecule has 34 heavy (non-hydrogen) atoms. The highest BCUT2D eigenvalue weighted by Gasteiger charge is 2.46. The van der Waals surface area contributed by atoms with E-state index in [2.05, 4.69) is 4.98 Å². The van der Waals surface area contributed by atoms with E-state index in [1.54, 1.807) is 54.9 Å². The van der Waals surface area contributed by atoms with E-state index in [1.165, 1.54) is 11.0 Å². The number of benzene rings is 2. The summed E-state index contributed by atoms with van der Waals surface area (Å²) in [6, 6.07) is 12.1. The number of ether oxygens (including phenoxy) is 1. The molecular weight excluding hydrogens is 499 g/mol. The van der Waals surface area contributed by atoms with Crippen molar-refractivity contribution < 1.29 is 19.4 Å². The van der Waals surface area contributed by atoms with E-state index in [0.717, 1.165) is 5.56 Å². The topological polar surface area (TPSA) is 79.7 Å². The standard InChI is InChI=1S/C25H19Cl3N2O4/c1-2-34-16-4-6-18(26)17(12-16)23(31)21-22(15-3-5-19(27)20(28)11-15)30(25(33)24(21)32)13-14-7-9-29-10-8-14/h3-12,22,31H,2,13H2,1H3/b23-21+. The van der Waals surface area contributed by atoms with Crippen LogP contribution in [0.5, 0.6) is 5.75 Å². The molecule has 2 aromatic carbocycles. The minimum absolute atomic E-state index is 0.104. The number of carbonyl (C=O) groups is 2. The molecule has 1 N–H and O–H groups in total. The predicted octanol–water partition coefficient (Wildman–Crippen LogP) is 6.06. The van der Waals surface area contributed by atoms with Crippen molar-refractivity contribution in [2.24, 2.45) is 0 Å². The van der Waals surface area contributed by atoms with Gasteiger partial charge in [-0.2, -0.15) is 0 Å². The molecule has 1 aromatic heterocycles. The highest BCUT2D eigenvalue weighted by molar-refractivity contribution is 6.47. The first-order valence-corrected chi connectivity index (χ1v) is 11.5. The molecule has 0 spiro atoms. The third-order valence-electron chi connectivity index (χ3n) is 5.41. The monoisotopic (exact) mass is 516 g/mol. The van der Waals surface area contributed by atoms with Gasteiger partial charge in [0.1, 0.15) is 11.5 Å². The molecular formula is C25H19Cl3N2O4. The number of likely N-dealkylation sites (tertiary alicyclic amines) is 1. The zero-order valence-corrected chi connectivity index (χ0v) is 20.2. The Morgan fingerprint density at radius 2 is 1.71 bits per heavy atom. The normalized spacial score (nSPS) is 17.3. The highest BCUT2D eigenvalue weighted by Crippen LogP contribution is 2.43. The van der Waals surface area contributed by atoms with Crippen LogP contribution in [0.3, 0.4) is 0 Å². The van der Waals surface area contributed by atoms with Gasteiger partial charge in [0.15, 0.2) is 0 Å². The number of aliphatic hydroxyl groups excluding tert-OH is 1. The average molecular weight is 518 g/mol. The van der Waals surface area contributed by atoms with Crippen LogP contribution in [0.4, 0.5) is 0 Å². The van der Waals surface area contributed by atoms with Crippen molar-refractivity contribution in [1.29, 1.82) is 0 Å². The lowest BCUT2D eigenvalue weighted by atomic mass is 9.95. The van der Waals surface area contributed by atoms with Crippen molar-refractivity contribution in [1.82, 2.24) is 9.88 Å². The zero-order chi connectivity index (χ0) is 24.4. The first-order valence-electron chi connectivity index (χ1n) is 10.4. The SMILES string of the molecule is CCOc1ccc(Cl)c(/C(O)=C2\C(=O)C(=O)N(Cc3ccncc3)C2c2ccc(Cl)c(Cl)c2)c1. The third kappa shape index (κ3) is 4.62. The largest absolute Gasteiger partial charge is 0.507 e. The van der Waals surface area contributed by atoms with E-state index >= 15 is 0 Å². The Labute approximate surface area is 211 Å². The summed E-state index contributed by atoms with van der Waals surface area (Å²) < 4.78 is 5.51. The fourth-order valence-electron chi connectivity index (χ4n) is 3.84. The lowest BCUT2D eigenvalue weighted by Crippen LogP contribution is -2.29. The summed E-state index contributed by atoms with van der Waals surface area (Å²) in [5.74, 6) is -1.53. The number of aromatic nitrogens is 1. The molecule has 0 saturated carbocycles. The molecule has 1 aliphatic heterocycles. The average Bonchev–Trinajstić information content (AvgIpc) is 3.07. The number of rotatable bonds is 6. The highest BCUT2D eigenvalue weighted by atomic mass is 35.5. The number of ketones is 1. The zero-order valence-electron chi connectivity index (χ0n) is 18.0. The summed E-state index contributed by atoms with van der Waals surface area (Å²) in [4.78, 5) is 31.7. The van der Waals surface area contributed by atoms with E-state index in [0.29, 0.717) is 22.9 Å². The molecule has 1 unspecified atom stereocenters. The number of nitrogens with zero attached hydrogens (tertiary/aromatic N) is 2. The lowest BCUT2D eigenvalue weighted by molar-refractivity contribution is -0.140. The number of amides is 1. The number of carbonyl (C=O) groups excluding carboxylic acids is 2. The van der Waals surface area contributed by atoms with Gasteiger partial charge in [-0.1, -0.05) is 40.9 Å². The molecule has 3 aromatic rings. The Morgan fingerprint density at radius 3 is 2.38 bits per heavy atom. The molecule has 0 aliphatic carbocycles. The van der Waals surface area contributed by atoms with Crippen molar-refractivity contribution in [3.63, 3.8) is 0 Å². The number of Topliss-reactive ketones (excluding diaryl/α,β-unsaturated/α-hetero) is 1. The Bertz CT molecular complexity index is 1290. The molecule has 6 nitrogen and oxygen atoms in total. The summed E-state index contributed by atoms with van der Waals surface area (Å²) in [6.45, 7) is 2.34. The molecule has 1 atom stereocenters. The second-order valence-corrected chi connectivity index (χ2v) is 8.75. The van der Waals surface area contributed by atoms with Crippen LogP contribution in [0, 0.1) is 0 Å². The third-order valence-corrected chi connectivity index (χ3v) is 6.47. The van der Waals surface area contributed by atoms with Gasteiger partial charge in [-0.15, -0.1) is 0 Å². The van der Waals surface area contributed by atoms with Gasteiger partial charge in [0.05, 0.1) is 33.3 Å². The lowest BCUT2D eigenvalue weighted by Gasteiger charge is -2.25. The Hall–Kier alpha value is -3.06. The number of hydrogen-bond acceptors (Lipinski definition) is 5. The van der Waals surface area contributed by atoms with Crippen LogP contribution in [0.25, 0.3) is 5.76 Å². The van der Waals surface area contributed by atoms with Gasteiger partial charge in [0.2, 0.25) is 0 Å². The summed E-state index contributed by atoms with van der Waals surface area (Å²) in [6.07, 6.45) is 3.19. The fraction of sp³-hybridized carbons (Fsp3) is 0.160. The van der Waals surface area contributed by atoms with Crippen LogP contribution < -0.4 is 4.74 Å². The van der Waals surface area contributed by atoms with Gasteiger partial charge in [0.25, 0.3) is 11.7 Å². The fourth-order valence-corrected chi connectivity index (χ4v) is 4.36. The summed E-state index contributed by atoms with van der Waals surface area (Å²) in [5.41, 5.74) is 1.35. The van der Waals surface area contributed by atoms with Gasteiger partial charge >= 0.3 is 0 Å². The van der Waals surface area contributed by atoms with E-state index in [-0.39, 0.29) is 27.7 Å². The maximum absolute atomic E-state index is 13.2. The van der Waals surface area contributed by atoms with E-state index in [9.17, 15) is 14.7 Å². The molecule has 1 amide bonds. The van der Waals surface area contributed by atoms with Crippen LogP contribution in [0.2, 0.25) is 15.1 Å². The molecule has 1 fully saturated rings. The second kappa shape index (κ2) is 10.1. The number of pyridine rings is 1. The maximum atomic E-state index is 13.2. The molecule has 0 bridgehead atoms. The molecule has 9 heteroatoms. The van der Waals surface area contributed by atoms with Gasteiger partial charge in [-0.3, -0.25) is 14.6 Å². The van der Waals surface area contributed by atoms with Crippen molar-refractivity contribution in [2.75, 3.05) is 6.61 Å². The smallest absolute Gasteiger partial charge is 0.295 e. The van der Waals surface area contributed by atoms with Crippen LogP contribution in [0.1, 0.15) is 29.7 Å². The molecule has 2 heterocycles. The van der Waals surface area contributed by atoms with Gasteiger partial charge in [-0.25, -0.2) is 0 Å². The first kappa shape index (κ1) is 24.1. The Balaban J connectivity index is 1.90. The van der Waals surface area contributed by atoms with Crippen molar-refractivity contribution in [2.45, 2.75) is 19.5 Å². The molecule has 1 aliphatic rings. The van der Waals surface area contributed by atoms with Crippen LogP contribution in [-0.4, -0.2) is 33.3 Å². The van der Waals surface area contributed by atoms with Crippen molar-refractivity contribution in [3.8, 4) is 5.75 Å². The second-order valence-electron chi connectivity index (χ2n) is 7.53. The first-order chi connectivity index (χ1) is 16.3. The Morgan fingerprint density at radius 1 is 1.00 bits per heavy atom. The molecule has 0 radical (unpaired) electrons. The number of hydrogen-bond donors (Lipinski definition) is 1. The van der Waals surface area contributed by atoms with Crippen molar-refractivity contribution >= 4 is 52.3 Å². The summed E-state index contributed by atoms with van der Waals surface area (Å²) in [5, 5.41) is 12.1. The Kier molecular flexibility index (Phi) is 7.12. The maximum Gasteiger partial charge on any atom is 0.295 e. The quantitative estimate of drug-likeness (QED) is 0.244. The van der Waals surface area contributed by atoms with Crippen LogP contribution in [0.15, 0.2) is 66.5 Å². The summed E-state index contributed by atoms with van der Waals surface area (Å²) in [7, 11) is 0. The van der Waals surface area contributed by atoms with Gasteiger partial charge in [-0.05, 0) is 60.5 Å². The molecule has 4 rings (SSSR count). The van der Waals surface area contributed by atoms with Crippen molar-refractivity contribution in [3.05, 3.63) is 98.3 Å². The number of aliphatic hydroxyl groups is 1.